The molecule has 1 aliphatic carbocycles. The van der Waals surface area contributed by atoms with Crippen LogP contribution in [0.15, 0.2) is 24.5 Å². The molecule has 1 aliphatic rings. The van der Waals surface area contributed by atoms with E-state index in [0.717, 1.165) is 17.8 Å². The minimum Gasteiger partial charge on any atom is -0.355 e. The fourth-order valence-electron chi connectivity index (χ4n) is 2.60. The molecule has 22 heavy (non-hydrogen) atoms. The van der Waals surface area contributed by atoms with E-state index < -0.39 is 0 Å². The molecule has 5 nitrogen and oxygen atoms in total. The molecule has 1 amide bonds. The molecule has 1 aromatic heterocycles. The number of hydrogen-bond donors (Lipinski definition) is 1. The summed E-state index contributed by atoms with van der Waals surface area (Å²) >= 11 is 12.0. The van der Waals surface area contributed by atoms with Crippen LogP contribution < -0.4 is 5.32 Å². The highest BCUT2D eigenvalue weighted by Crippen LogP contribution is 2.48. The quantitative estimate of drug-likeness (QED) is 0.911. The minimum absolute atomic E-state index is 0.00836. The van der Waals surface area contributed by atoms with Crippen molar-refractivity contribution in [1.82, 2.24) is 20.1 Å². The van der Waals surface area contributed by atoms with Gasteiger partial charge < -0.3 is 9.88 Å². The molecule has 3 rings (SSSR count). The van der Waals surface area contributed by atoms with Crippen LogP contribution >= 0.6 is 23.2 Å². The van der Waals surface area contributed by atoms with Crippen molar-refractivity contribution in [3.05, 3.63) is 46.0 Å². The monoisotopic (exact) mass is 338 g/mol. The number of carbonyl (C=O) groups excluding carboxylic acids is 1. The Hall–Kier alpha value is -1.59. The number of aromatic nitrogens is 3. The van der Waals surface area contributed by atoms with Gasteiger partial charge in [0.2, 0.25) is 5.91 Å². The first-order chi connectivity index (χ1) is 10.5. The first-order valence-electron chi connectivity index (χ1n) is 7.11. The van der Waals surface area contributed by atoms with Crippen LogP contribution in [-0.4, -0.2) is 27.2 Å². The molecule has 1 aromatic carbocycles. The maximum absolute atomic E-state index is 12.2. The second kappa shape index (κ2) is 6.26. The lowest BCUT2D eigenvalue weighted by atomic mass is 10.1. The van der Waals surface area contributed by atoms with Crippen LogP contribution in [0.4, 0.5) is 0 Å². The Morgan fingerprint density at radius 2 is 2.09 bits per heavy atom. The van der Waals surface area contributed by atoms with Crippen molar-refractivity contribution in [3.8, 4) is 0 Å². The Morgan fingerprint density at radius 1 is 1.36 bits per heavy atom. The topological polar surface area (TPSA) is 59.8 Å². The summed E-state index contributed by atoms with van der Waals surface area (Å²) in [5, 5.41) is 12.0. The highest BCUT2D eigenvalue weighted by atomic mass is 35.5. The molecule has 2 atom stereocenters. The minimum atomic E-state index is 0.00836. The van der Waals surface area contributed by atoms with Gasteiger partial charge in [0, 0.05) is 36.0 Å². The summed E-state index contributed by atoms with van der Waals surface area (Å²) in [4.78, 5) is 12.2. The second-order valence-corrected chi connectivity index (χ2v) is 6.42. The van der Waals surface area contributed by atoms with Crippen LogP contribution in [0.25, 0.3) is 0 Å². The fourth-order valence-corrected chi connectivity index (χ4v) is 3.15. The summed E-state index contributed by atoms with van der Waals surface area (Å²) in [5.74, 6) is 1.15. The Kier molecular flexibility index (Phi) is 4.36. The summed E-state index contributed by atoms with van der Waals surface area (Å²) in [7, 11) is 1.89. The number of hydrogen-bond acceptors (Lipinski definition) is 3. The van der Waals surface area contributed by atoms with E-state index in [9.17, 15) is 4.79 Å². The van der Waals surface area contributed by atoms with Crippen molar-refractivity contribution < 1.29 is 4.79 Å². The van der Waals surface area contributed by atoms with E-state index in [4.69, 9.17) is 23.2 Å². The van der Waals surface area contributed by atoms with Crippen molar-refractivity contribution in [2.24, 2.45) is 13.0 Å². The maximum atomic E-state index is 12.2. The zero-order valence-electron chi connectivity index (χ0n) is 12.1. The number of benzene rings is 1. The van der Waals surface area contributed by atoms with Crippen molar-refractivity contribution in [1.29, 1.82) is 0 Å². The summed E-state index contributed by atoms with van der Waals surface area (Å²) in [6, 6.07) is 5.46. The predicted molar refractivity (Wildman–Crippen MR) is 85.0 cm³/mol. The van der Waals surface area contributed by atoms with Gasteiger partial charge in [-0.15, -0.1) is 10.2 Å². The molecule has 1 saturated carbocycles. The third-order valence-corrected chi connectivity index (χ3v) is 4.33. The van der Waals surface area contributed by atoms with Crippen LogP contribution in [0.5, 0.6) is 0 Å². The van der Waals surface area contributed by atoms with Crippen LogP contribution in [0, 0.1) is 5.92 Å². The number of carbonyl (C=O) groups is 1. The van der Waals surface area contributed by atoms with Gasteiger partial charge in [-0.25, -0.2) is 0 Å². The zero-order valence-corrected chi connectivity index (χ0v) is 13.6. The van der Waals surface area contributed by atoms with Gasteiger partial charge in [0.05, 0.1) is 0 Å². The standard InChI is InChI=1S/C15H16Cl2N4O/c1-21-8-19-20-14(21)2-3-18-15(22)13-7-12(13)9-4-10(16)6-11(17)5-9/h4-6,8,12-13H,2-3,7H2,1H3,(H,18,22). The molecule has 0 radical (unpaired) electrons. The van der Waals surface area contributed by atoms with Crippen LogP contribution in [0.1, 0.15) is 23.7 Å². The number of nitrogens with one attached hydrogen (secondary N) is 1. The fraction of sp³-hybridized carbons (Fsp3) is 0.400. The van der Waals surface area contributed by atoms with Gasteiger partial charge in [-0.1, -0.05) is 23.2 Å². The smallest absolute Gasteiger partial charge is 0.223 e. The Labute approximate surface area is 138 Å². The van der Waals surface area contributed by atoms with Crippen molar-refractivity contribution in [3.63, 3.8) is 0 Å². The molecule has 0 bridgehead atoms. The molecular weight excluding hydrogens is 323 g/mol. The summed E-state index contributed by atoms with van der Waals surface area (Å²) < 4.78 is 1.85. The van der Waals surface area contributed by atoms with Gasteiger partial charge in [-0.3, -0.25) is 4.79 Å². The molecule has 0 aliphatic heterocycles. The normalized spacial score (nSPS) is 20.0. The summed E-state index contributed by atoms with van der Waals surface area (Å²) in [6.45, 7) is 0.560. The summed E-state index contributed by atoms with van der Waals surface area (Å²) in [5.41, 5.74) is 1.03. The van der Waals surface area contributed by atoms with Gasteiger partial charge in [-0.05, 0) is 36.1 Å². The van der Waals surface area contributed by atoms with Crippen LogP contribution in [-0.2, 0) is 18.3 Å². The van der Waals surface area contributed by atoms with Gasteiger partial charge in [0.15, 0.2) is 0 Å². The Morgan fingerprint density at radius 3 is 2.73 bits per heavy atom. The predicted octanol–water partition coefficient (Wildman–Crippen LogP) is 2.58. The van der Waals surface area contributed by atoms with Crippen molar-refractivity contribution in [2.75, 3.05) is 6.54 Å². The maximum Gasteiger partial charge on any atom is 0.223 e. The molecule has 1 heterocycles. The number of nitrogens with zero attached hydrogens (tertiary/aromatic N) is 3. The molecule has 7 heteroatoms. The first kappa shape index (κ1) is 15.3. The average Bonchev–Trinajstić information content (AvgIpc) is 3.16. The molecule has 1 fully saturated rings. The third-order valence-electron chi connectivity index (χ3n) is 3.89. The Balaban J connectivity index is 1.51. The average molecular weight is 339 g/mol. The number of amides is 1. The lowest BCUT2D eigenvalue weighted by Crippen LogP contribution is -2.28. The van der Waals surface area contributed by atoms with Gasteiger partial charge >= 0.3 is 0 Å². The molecule has 0 saturated heterocycles. The molecule has 116 valence electrons. The highest BCUT2D eigenvalue weighted by molar-refractivity contribution is 6.34. The molecule has 2 aromatic rings. The van der Waals surface area contributed by atoms with Crippen molar-refractivity contribution >= 4 is 29.1 Å². The van der Waals surface area contributed by atoms with Crippen LogP contribution in [0.3, 0.4) is 0 Å². The molecule has 0 spiro atoms. The number of aryl methyl sites for hydroxylation is 1. The van der Waals surface area contributed by atoms with E-state index >= 15 is 0 Å². The number of rotatable bonds is 5. The number of halogens is 2. The van der Waals surface area contributed by atoms with E-state index in [1.54, 1.807) is 12.4 Å². The summed E-state index contributed by atoms with van der Waals surface area (Å²) in [6.07, 6.45) is 3.16. The van der Waals surface area contributed by atoms with Gasteiger partial charge in [-0.2, -0.15) is 0 Å². The van der Waals surface area contributed by atoms with Gasteiger partial charge in [0.25, 0.3) is 0 Å². The van der Waals surface area contributed by atoms with Crippen LogP contribution in [0.2, 0.25) is 10.0 Å². The first-order valence-corrected chi connectivity index (χ1v) is 7.87. The van der Waals surface area contributed by atoms with Crippen molar-refractivity contribution in [2.45, 2.75) is 18.8 Å². The Bertz CT molecular complexity index is 680. The van der Waals surface area contributed by atoms with E-state index in [2.05, 4.69) is 15.5 Å². The lowest BCUT2D eigenvalue weighted by Gasteiger charge is -2.05. The second-order valence-electron chi connectivity index (χ2n) is 5.55. The van der Waals surface area contributed by atoms with E-state index in [-0.39, 0.29) is 17.7 Å². The van der Waals surface area contributed by atoms with E-state index in [0.29, 0.717) is 23.0 Å². The third kappa shape index (κ3) is 3.42. The van der Waals surface area contributed by atoms with E-state index in [1.165, 1.54) is 0 Å². The molecule has 2 unspecified atom stereocenters. The zero-order chi connectivity index (χ0) is 15.7. The molecular formula is C15H16Cl2N4O. The molecule has 1 N–H and O–H groups in total. The lowest BCUT2D eigenvalue weighted by molar-refractivity contribution is -0.122. The largest absolute Gasteiger partial charge is 0.355 e. The SMILES string of the molecule is Cn1cnnc1CCNC(=O)C1CC1c1cc(Cl)cc(Cl)c1. The highest BCUT2D eigenvalue weighted by Gasteiger charge is 2.43. The van der Waals surface area contributed by atoms with E-state index in [1.807, 2.05) is 23.7 Å². The van der Waals surface area contributed by atoms with Gasteiger partial charge in [0.1, 0.15) is 12.2 Å².